The molecule has 3 N–H and O–H groups in total. The highest BCUT2D eigenvalue weighted by atomic mass is 35.5. The number of hydrogen-bond acceptors (Lipinski definition) is 3. The predicted octanol–water partition coefficient (Wildman–Crippen LogP) is 1.89. The summed E-state index contributed by atoms with van der Waals surface area (Å²) in [5.41, 5.74) is 5.20. The van der Waals surface area contributed by atoms with Crippen LogP contribution in [0.1, 0.15) is 47.0 Å². The minimum absolute atomic E-state index is 0. The lowest BCUT2D eigenvalue weighted by Crippen LogP contribution is -2.53. The molecule has 4 nitrogen and oxygen atoms in total. The Bertz CT molecular complexity index is 280. The van der Waals surface area contributed by atoms with Crippen LogP contribution in [-0.2, 0) is 10.0 Å². The van der Waals surface area contributed by atoms with Gasteiger partial charge in [0.2, 0.25) is 10.0 Å². The molecule has 0 spiro atoms. The van der Waals surface area contributed by atoms with Crippen molar-refractivity contribution in [3.8, 4) is 0 Å². The zero-order chi connectivity index (χ0) is 12.8. The van der Waals surface area contributed by atoms with Crippen molar-refractivity contribution < 1.29 is 8.42 Å². The van der Waals surface area contributed by atoms with Crippen LogP contribution in [-0.4, -0.2) is 26.3 Å². The number of rotatable bonds is 8. The molecule has 106 valence electrons. The molecule has 0 bridgehead atoms. The molecule has 0 aliphatic rings. The standard InChI is InChI=1S/C11H26N2O2S.ClH/c1-5-11(6-2,9-12)13-16(14,15)8-7-10(3)4;/h10,13H,5-9,12H2,1-4H3;1H. The van der Waals surface area contributed by atoms with Crippen LogP contribution in [0.2, 0.25) is 0 Å². The minimum Gasteiger partial charge on any atom is -0.329 e. The first-order chi connectivity index (χ1) is 7.31. The van der Waals surface area contributed by atoms with Crippen molar-refractivity contribution in [2.45, 2.75) is 52.5 Å². The lowest BCUT2D eigenvalue weighted by Gasteiger charge is -2.31. The third kappa shape index (κ3) is 7.24. The van der Waals surface area contributed by atoms with Crippen molar-refractivity contribution >= 4 is 22.4 Å². The predicted molar refractivity (Wildman–Crippen MR) is 76.0 cm³/mol. The third-order valence-electron chi connectivity index (χ3n) is 3.08. The molecule has 0 heterocycles. The molecule has 17 heavy (non-hydrogen) atoms. The van der Waals surface area contributed by atoms with E-state index < -0.39 is 15.6 Å². The lowest BCUT2D eigenvalue weighted by molar-refractivity contribution is 0.362. The highest BCUT2D eigenvalue weighted by molar-refractivity contribution is 7.89. The smallest absolute Gasteiger partial charge is 0.212 e. The number of halogens is 1. The van der Waals surface area contributed by atoms with Gasteiger partial charge in [-0.3, -0.25) is 0 Å². The summed E-state index contributed by atoms with van der Waals surface area (Å²) in [6, 6.07) is 0. The van der Waals surface area contributed by atoms with Crippen LogP contribution in [0.4, 0.5) is 0 Å². The van der Waals surface area contributed by atoms with Gasteiger partial charge < -0.3 is 5.73 Å². The molecule has 0 radical (unpaired) electrons. The van der Waals surface area contributed by atoms with E-state index >= 15 is 0 Å². The average molecular weight is 287 g/mol. The lowest BCUT2D eigenvalue weighted by atomic mass is 9.95. The van der Waals surface area contributed by atoms with Crippen LogP contribution in [0.15, 0.2) is 0 Å². The van der Waals surface area contributed by atoms with Crippen LogP contribution >= 0.6 is 12.4 Å². The first-order valence-electron chi connectivity index (χ1n) is 6.02. The molecule has 0 aromatic rings. The van der Waals surface area contributed by atoms with Gasteiger partial charge in [-0.05, 0) is 25.2 Å². The second kappa shape index (κ2) is 8.29. The monoisotopic (exact) mass is 286 g/mol. The van der Waals surface area contributed by atoms with Crippen LogP contribution in [0.5, 0.6) is 0 Å². The molecule has 0 rings (SSSR count). The van der Waals surface area contributed by atoms with E-state index in [0.717, 1.165) is 12.8 Å². The summed E-state index contributed by atoms with van der Waals surface area (Å²) in [5, 5.41) is 0. The van der Waals surface area contributed by atoms with E-state index in [1.54, 1.807) is 0 Å². The molecule has 0 aromatic heterocycles. The average Bonchev–Trinajstić information content (AvgIpc) is 2.24. The molecule has 0 aromatic carbocycles. The number of hydrogen-bond donors (Lipinski definition) is 2. The molecule has 0 aliphatic heterocycles. The van der Waals surface area contributed by atoms with Gasteiger partial charge in [0.05, 0.1) is 5.75 Å². The normalized spacial score (nSPS) is 12.6. The fourth-order valence-corrected chi connectivity index (χ4v) is 3.41. The van der Waals surface area contributed by atoms with E-state index in [-0.39, 0.29) is 18.2 Å². The maximum absolute atomic E-state index is 11.9. The van der Waals surface area contributed by atoms with Gasteiger partial charge in [0.15, 0.2) is 0 Å². The topological polar surface area (TPSA) is 72.2 Å². The van der Waals surface area contributed by atoms with Gasteiger partial charge in [-0.1, -0.05) is 27.7 Å². The SMILES string of the molecule is CCC(CC)(CN)NS(=O)(=O)CCC(C)C.Cl. The van der Waals surface area contributed by atoms with Gasteiger partial charge in [-0.15, -0.1) is 12.4 Å². The molecular formula is C11H27ClN2O2S. The van der Waals surface area contributed by atoms with Gasteiger partial charge in [-0.2, -0.15) is 0 Å². The van der Waals surface area contributed by atoms with Crippen molar-refractivity contribution in [3.63, 3.8) is 0 Å². The Morgan fingerprint density at radius 3 is 2.00 bits per heavy atom. The summed E-state index contributed by atoms with van der Waals surface area (Å²) in [4.78, 5) is 0. The van der Waals surface area contributed by atoms with E-state index in [1.165, 1.54) is 0 Å². The molecule has 0 amide bonds. The number of nitrogens with two attached hydrogens (primary N) is 1. The molecule has 0 fully saturated rings. The molecule has 0 saturated carbocycles. The Morgan fingerprint density at radius 2 is 1.71 bits per heavy atom. The van der Waals surface area contributed by atoms with Gasteiger partial charge in [0, 0.05) is 12.1 Å². The highest BCUT2D eigenvalue weighted by Crippen LogP contribution is 2.15. The molecule has 6 heteroatoms. The first kappa shape index (κ1) is 19.5. The second-order valence-electron chi connectivity index (χ2n) is 4.80. The van der Waals surface area contributed by atoms with E-state index in [0.29, 0.717) is 18.9 Å². The van der Waals surface area contributed by atoms with E-state index in [2.05, 4.69) is 4.72 Å². The Morgan fingerprint density at radius 1 is 1.24 bits per heavy atom. The molecule has 0 saturated heterocycles. The summed E-state index contributed by atoms with van der Waals surface area (Å²) in [7, 11) is -3.20. The van der Waals surface area contributed by atoms with Gasteiger partial charge in [0.25, 0.3) is 0 Å². The van der Waals surface area contributed by atoms with E-state index in [4.69, 9.17) is 5.73 Å². The minimum atomic E-state index is -3.20. The maximum atomic E-state index is 11.9. The summed E-state index contributed by atoms with van der Waals surface area (Å²) in [6.45, 7) is 8.31. The zero-order valence-corrected chi connectivity index (χ0v) is 13.0. The quantitative estimate of drug-likeness (QED) is 0.716. The molecular weight excluding hydrogens is 260 g/mol. The third-order valence-corrected chi connectivity index (χ3v) is 4.60. The summed E-state index contributed by atoms with van der Waals surface area (Å²) in [6.07, 6.45) is 2.13. The Balaban J connectivity index is 0. The van der Waals surface area contributed by atoms with Crippen molar-refractivity contribution in [2.24, 2.45) is 11.7 Å². The number of nitrogens with one attached hydrogen (secondary N) is 1. The van der Waals surface area contributed by atoms with Crippen LogP contribution < -0.4 is 10.5 Å². The van der Waals surface area contributed by atoms with Crippen molar-refractivity contribution in [3.05, 3.63) is 0 Å². The highest BCUT2D eigenvalue weighted by Gasteiger charge is 2.29. The maximum Gasteiger partial charge on any atom is 0.212 e. The molecule has 0 unspecified atom stereocenters. The van der Waals surface area contributed by atoms with Crippen LogP contribution in [0, 0.1) is 5.92 Å². The second-order valence-corrected chi connectivity index (χ2v) is 6.64. The van der Waals surface area contributed by atoms with Crippen molar-refractivity contribution in [2.75, 3.05) is 12.3 Å². The molecule has 0 aliphatic carbocycles. The van der Waals surface area contributed by atoms with Crippen LogP contribution in [0.25, 0.3) is 0 Å². The Kier molecular flexibility index (Phi) is 9.51. The summed E-state index contributed by atoms with van der Waals surface area (Å²) >= 11 is 0. The molecule has 0 atom stereocenters. The van der Waals surface area contributed by atoms with Gasteiger partial charge in [0.1, 0.15) is 0 Å². The Labute approximate surface area is 112 Å². The van der Waals surface area contributed by atoms with Gasteiger partial charge >= 0.3 is 0 Å². The zero-order valence-electron chi connectivity index (χ0n) is 11.3. The summed E-state index contributed by atoms with van der Waals surface area (Å²) in [5.74, 6) is 0.582. The Hall–Kier alpha value is 0.160. The van der Waals surface area contributed by atoms with Crippen molar-refractivity contribution in [1.29, 1.82) is 0 Å². The van der Waals surface area contributed by atoms with E-state index in [9.17, 15) is 8.42 Å². The fraction of sp³-hybridized carbons (Fsp3) is 1.00. The fourth-order valence-electron chi connectivity index (χ4n) is 1.50. The first-order valence-corrected chi connectivity index (χ1v) is 7.67. The largest absolute Gasteiger partial charge is 0.329 e. The van der Waals surface area contributed by atoms with Crippen molar-refractivity contribution in [1.82, 2.24) is 4.72 Å². The number of sulfonamides is 1. The van der Waals surface area contributed by atoms with Gasteiger partial charge in [-0.25, -0.2) is 13.1 Å². The van der Waals surface area contributed by atoms with Crippen LogP contribution in [0.3, 0.4) is 0 Å². The summed E-state index contributed by atoms with van der Waals surface area (Å²) < 4.78 is 26.5. The van der Waals surface area contributed by atoms with E-state index in [1.807, 2.05) is 27.7 Å².